The van der Waals surface area contributed by atoms with Gasteiger partial charge in [-0.15, -0.1) is 4.47 Å². The molecule has 0 aliphatic rings. The Morgan fingerprint density at radius 3 is 2.50 bits per heavy atom. The minimum atomic E-state index is -2.47. The molecule has 0 heterocycles. The van der Waals surface area contributed by atoms with Crippen LogP contribution >= 0.6 is 0 Å². The van der Waals surface area contributed by atoms with Crippen LogP contribution < -0.4 is 0 Å². The van der Waals surface area contributed by atoms with Crippen LogP contribution in [0.4, 0.5) is 0 Å². The lowest BCUT2D eigenvalue weighted by molar-refractivity contribution is 0.00119. The van der Waals surface area contributed by atoms with E-state index < -0.39 is 11.3 Å². The Labute approximate surface area is 50.5 Å². The van der Waals surface area contributed by atoms with E-state index in [2.05, 4.69) is 0 Å². The molecule has 0 spiro atoms. The Balaban J connectivity index is 3.32. The molecule has 0 saturated heterocycles. The second-order valence-electron chi connectivity index (χ2n) is 1.29. The Hall–Kier alpha value is 0.0300. The highest BCUT2D eigenvalue weighted by Gasteiger charge is 1.93. The summed E-state index contributed by atoms with van der Waals surface area (Å²) in [4.78, 5) is 0. The van der Waals surface area contributed by atoms with E-state index in [1.165, 1.54) is 0 Å². The fourth-order valence-corrected chi connectivity index (χ4v) is 0.597. The van der Waals surface area contributed by atoms with Crippen LogP contribution in [0, 0.1) is 0 Å². The van der Waals surface area contributed by atoms with E-state index in [1.807, 2.05) is 0 Å². The predicted octanol–water partition coefficient (Wildman–Crippen LogP) is -0.118. The minimum absolute atomic E-state index is 0.163. The lowest BCUT2D eigenvalue weighted by Gasteiger charge is -2.14. The maximum atomic E-state index is 9.77. The maximum Gasteiger partial charge on any atom is 0.0453 e. The average Bonchev–Trinajstić information content (AvgIpc) is 1.67. The van der Waals surface area contributed by atoms with Crippen molar-refractivity contribution >= 4 is 11.3 Å². The van der Waals surface area contributed by atoms with Gasteiger partial charge in [0, 0.05) is 17.8 Å². The van der Waals surface area contributed by atoms with Crippen molar-refractivity contribution in [2.24, 2.45) is 0 Å². The Bertz CT molecular complexity index is 86.6. The normalized spacial score (nSPS) is 14.5. The zero-order valence-corrected chi connectivity index (χ0v) is 5.35. The van der Waals surface area contributed by atoms with E-state index in [1.54, 1.807) is 6.92 Å². The van der Waals surface area contributed by atoms with Crippen molar-refractivity contribution in [3.8, 4) is 0 Å². The zero-order chi connectivity index (χ0) is 6.57. The van der Waals surface area contributed by atoms with Gasteiger partial charge in [-0.25, -0.2) is 0 Å². The monoisotopic (exact) mass is 138 g/mol. The molecule has 0 aromatic heterocycles. The van der Waals surface area contributed by atoms with E-state index in [4.69, 9.17) is 5.21 Å². The van der Waals surface area contributed by atoms with Crippen LogP contribution in [0.1, 0.15) is 13.3 Å². The van der Waals surface area contributed by atoms with E-state index in [9.17, 15) is 8.76 Å². The van der Waals surface area contributed by atoms with E-state index in [0.717, 1.165) is 0 Å². The number of hydroxylamine groups is 1. The summed E-state index contributed by atoms with van der Waals surface area (Å²) in [7, 11) is 0. The molecule has 8 heavy (non-hydrogen) atoms. The SMILES string of the molecule is CCCN(O)S(=O)[O-]. The quantitative estimate of drug-likeness (QED) is 0.437. The lowest BCUT2D eigenvalue weighted by Crippen LogP contribution is -2.21. The minimum Gasteiger partial charge on any atom is -0.758 e. The molecule has 0 bridgehead atoms. The molecular formula is C3H8NO3S-. The van der Waals surface area contributed by atoms with Crippen molar-refractivity contribution in [3.05, 3.63) is 0 Å². The van der Waals surface area contributed by atoms with Crippen molar-refractivity contribution in [1.29, 1.82) is 0 Å². The van der Waals surface area contributed by atoms with E-state index >= 15 is 0 Å². The topological polar surface area (TPSA) is 63.6 Å². The highest BCUT2D eigenvalue weighted by atomic mass is 32.2. The summed E-state index contributed by atoms with van der Waals surface area (Å²) < 4.78 is 19.8. The third kappa shape index (κ3) is 3.09. The molecule has 50 valence electrons. The largest absolute Gasteiger partial charge is 0.758 e. The van der Waals surface area contributed by atoms with Crippen molar-refractivity contribution < 1.29 is 14.0 Å². The van der Waals surface area contributed by atoms with Gasteiger partial charge >= 0.3 is 0 Å². The molecule has 1 N–H and O–H groups in total. The van der Waals surface area contributed by atoms with E-state index in [-0.39, 0.29) is 11.0 Å². The van der Waals surface area contributed by atoms with Crippen molar-refractivity contribution in [2.45, 2.75) is 13.3 Å². The molecule has 0 fully saturated rings. The lowest BCUT2D eigenvalue weighted by atomic mass is 10.5. The number of hydrogen-bond donors (Lipinski definition) is 1. The van der Waals surface area contributed by atoms with Crippen LogP contribution in [0.2, 0.25) is 0 Å². The molecule has 0 rings (SSSR count). The second kappa shape index (κ2) is 3.96. The molecule has 1 unspecified atom stereocenters. The highest BCUT2D eigenvalue weighted by Crippen LogP contribution is 1.86. The van der Waals surface area contributed by atoms with Crippen LogP contribution in [0.3, 0.4) is 0 Å². The van der Waals surface area contributed by atoms with E-state index in [0.29, 0.717) is 6.42 Å². The van der Waals surface area contributed by atoms with Crippen molar-refractivity contribution in [2.75, 3.05) is 6.54 Å². The molecule has 5 heteroatoms. The second-order valence-corrected chi connectivity index (χ2v) is 2.15. The molecule has 0 radical (unpaired) electrons. The summed E-state index contributed by atoms with van der Waals surface area (Å²) in [6, 6.07) is 0. The van der Waals surface area contributed by atoms with Gasteiger partial charge in [0.05, 0.1) is 0 Å². The first-order valence-electron chi connectivity index (χ1n) is 2.24. The summed E-state index contributed by atoms with van der Waals surface area (Å²) in [6.07, 6.45) is 0.616. The first kappa shape index (κ1) is 8.03. The molecule has 0 amide bonds. The number of hydrogen-bond acceptors (Lipinski definition) is 3. The summed E-state index contributed by atoms with van der Waals surface area (Å²) >= 11 is -2.47. The standard InChI is InChI=1S/C3H9NO3S/c1-2-3-4(5)8(6)7/h5H,2-3H2,1H3,(H,6,7)/p-1. The predicted molar refractivity (Wildman–Crippen MR) is 27.7 cm³/mol. The smallest absolute Gasteiger partial charge is 0.0453 e. The van der Waals surface area contributed by atoms with Gasteiger partial charge in [0.25, 0.3) is 0 Å². The number of nitrogens with zero attached hydrogens (tertiary/aromatic N) is 1. The highest BCUT2D eigenvalue weighted by molar-refractivity contribution is 7.76. The molecular weight excluding hydrogens is 130 g/mol. The zero-order valence-electron chi connectivity index (χ0n) is 4.53. The van der Waals surface area contributed by atoms with Crippen LogP contribution in [-0.2, 0) is 11.3 Å². The Morgan fingerprint density at radius 2 is 2.38 bits per heavy atom. The third-order valence-corrected chi connectivity index (χ3v) is 1.11. The Morgan fingerprint density at radius 1 is 1.88 bits per heavy atom. The van der Waals surface area contributed by atoms with Gasteiger partial charge in [0.2, 0.25) is 0 Å². The summed E-state index contributed by atoms with van der Waals surface area (Å²) in [5.41, 5.74) is 0. The molecule has 0 aromatic rings. The van der Waals surface area contributed by atoms with Gasteiger partial charge in [0.1, 0.15) is 0 Å². The first-order chi connectivity index (χ1) is 3.68. The van der Waals surface area contributed by atoms with Crippen molar-refractivity contribution in [1.82, 2.24) is 4.47 Å². The average molecular weight is 138 g/mol. The fraction of sp³-hybridized carbons (Fsp3) is 1.00. The molecule has 0 aliphatic carbocycles. The van der Waals surface area contributed by atoms with Gasteiger partial charge in [-0.1, -0.05) is 6.92 Å². The molecule has 0 aliphatic heterocycles. The van der Waals surface area contributed by atoms with Crippen LogP contribution in [0.5, 0.6) is 0 Å². The third-order valence-electron chi connectivity index (χ3n) is 0.587. The summed E-state index contributed by atoms with van der Waals surface area (Å²) in [5.74, 6) is 0. The van der Waals surface area contributed by atoms with Crippen LogP contribution in [0.25, 0.3) is 0 Å². The van der Waals surface area contributed by atoms with Crippen LogP contribution in [0.15, 0.2) is 0 Å². The first-order valence-corrected chi connectivity index (χ1v) is 3.27. The molecule has 1 atom stereocenters. The maximum absolute atomic E-state index is 9.77. The van der Waals surface area contributed by atoms with Gasteiger partial charge in [-0.3, -0.25) is 4.21 Å². The molecule has 0 aromatic carbocycles. The summed E-state index contributed by atoms with van der Waals surface area (Å²) in [5, 5.41) is 8.35. The fourth-order valence-electron chi connectivity index (χ4n) is 0.266. The van der Waals surface area contributed by atoms with Crippen LogP contribution in [-0.4, -0.2) is 25.0 Å². The van der Waals surface area contributed by atoms with Crippen molar-refractivity contribution in [3.63, 3.8) is 0 Å². The van der Waals surface area contributed by atoms with Gasteiger partial charge < -0.3 is 9.76 Å². The van der Waals surface area contributed by atoms with Gasteiger partial charge in [0.15, 0.2) is 0 Å². The molecule has 0 saturated carbocycles. The summed E-state index contributed by atoms with van der Waals surface area (Å²) in [6.45, 7) is 1.94. The van der Waals surface area contributed by atoms with Gasteiger partial charge in [-0.05, 0) is 6.42 Å². The molecule has 4 nitrogen and oxygen atoms in total. The Kier molecular flexibility index (Phi) is 3.98. The number of rotatable bonds is 3. The van der Waals surface area contributed by atoms with Gasteiger partial charge in [-0.2, -0.15) is 0 Å².